The summed E-state index contributed by atoms with van der Waals surface area (Å²) in [6.07, 6.45) is 3.57. The molecule has 0 fully saturated rings. The zero-order valence-corrected chi connectivity index (χ0v) is 9.35. The maximum absolute atomic E-state index is 11.1. The van der Waals surface area contributed by atoms with Crippen LogP contribution in [-0.4, -0.2) is 20.7 Å². The Bertz CT molecular complexity index is 264. The second-order valence-corrected chi connectivity index (χ2v) is 5.04. The molecule has 3 heteroatoms. The van der Waals surface area contributed by atoms with Crippen LogP contribution in [-0.2, 0) is 4.79 Å². The first-order chi connectivity index (χ1) is 5.83. The van der Waals surface area contributed by atoms with Gasteiger partial charge >= 0.3 is 82.6 Å². The second-order valence-electron chi connectivity index (χ2n) is 2.25. The molecule has 0 aliphatic rings. The molecule has 1 aromatic heterocycles. The molecule has 0 saturated heterocycles. The number of hydrogen-bond donors (Lipinski definition) is 0. The van der Waals surface area contributed by atoms with Crippen molar-refractivity contribution in [2.24, 2.45) is 0 Å². The van der Waals surface area contributed by atoms with Gasteiger partial charge in [-0.05, 0) is 0 Å². The van der Waals surface area contributed by atoms with Crippen LogP contribution in [0.15, 0.2) is 23.6 Å². The zero-order valence-electron chi connectivity index (χ0n) is 6.82. The van der Waals surface area contributed by atoms with E-state index in [-0.39, 0.29) is 5.78 Å². The average Bonchev–Trinajstić information content (AvgIpc) is 2.53. The predicted molar refractivity (Wildman–Crippen MR) is 54.8 cm³/mol. The first kappa shape index (κ1) is 9.72. The van der Waals surface area contributed by atoms with E-state index in [2.05, 4.69) is 5.82 Å². The van der Waals surface area contributed by atoms with E-state index in [1.165, 1.54) is 0 Å². The summed E-state index contributed by atoms with van der Waals surface area (Å²) in [5.74, 6) is 2.31. The number of carbonyl (C=O) groups excluding carboxylic acids is 1. The third kappa shape index (κ3) is 3.35. The molecule has 0 N–H and O–H groups in total. The summed E-state index contributed by atoms with van der Waals surface area (Å²) in [4.78, 5) is 12.2. The number of carbonyl (C=O) groups is 1. The summed E-state index contributed by atoms with van der Waals surface area (Å²) < 4.78 is 0. The number of hydrogen-bond acceptors (Lipinski definition) is 2. The van der Waals surface area contributed by atoms with E-state index in [1.807, 2.05) is 23.6 Å². The monoisotopic (exact) mass is 246 g/mol. The molecule has 0 saturated carbocycles. The molecule has 0 aromatic carbocycles. The van der Waals surface area contributed by atoms with Crippen molar-refractivity contribution in [1.29, 1.82) is 0 Å². The first-order valence-electron chi connectivity index (χ1n) is 3.56. The molecule has 1 aromatic rings. The van der Waals surface area contributed by atoms with Crippen molar-refractivity contribution in [2.45, 2.75) is 11.1 Å². The molecule has 0 bridgehead atoms. The number of rotatable bonds is 4. The van der Waals surface area contributed by atoms with Gasteiger partial charge in [-0.25, -0.2) is 0 Å². The van der Waals surface area contributed by atoms with Crippen LogP contribution in [0.5, 0.6) is 0 Å². The van der Waals surface area contributed by atoms with Crippen molar-refractivity contribution < 1.29 is 4.79 Å². The molecule has 0 amide bonds. The Labute approximate surface area is 82.6 Å². The normalized spacial score (nSPS) is 10.8. The van der Waals surface area contributed by atoms with Gasteiger partial charge in [-0.3, -0.25) is 0 Å². The van der Waals surface area contributed by atoms with E-state index >= 15 is 0 Å². The maximum atomic E-state index is 11.1. The molecule has 0 spiro atoms. The molecule has 1 heterocycles. The minimum absolute atomic E-state index is 0.242. The van der Waals surface area contributed by atoms with Crippen LogP contribution < -0.4 is 0 Å². The molecule has 0 radical (unpaired) electrons. The molecule has 0 atom stereocenters. The van der Waals surface area contributed by atoms with E-state index < -0.39 is 0 Å². The Kier molecular flexibility index (Phi) is 4.30. The van der Waals surface area contributed by atoms with E-state index in [9.17, 15) is 4.79 Å². The number of allylic oxidation sites excluding steroid dienone is 1. The molecule has 1 nitrogen and oxygen atoms in total. The topological polar surface area (TPSA) is 17.1 Å². The van der Waals surface area contributed by atoms with Crippen molar-refractivity contribution in [2.75, 3.05) is 0 Å². The van der Waals surface area contributed by atoms with Gasteiger partial charge in [0.1, 0.15) is 0 Å². The molecule has 0 unspecified atom stereocenters. The molecule has 0 aliphatic carbocycles. The Morgan fingerprint density at radius 2 is 2.58 bits per heavy atom. The summed E-state index contributed by atoms with van der Waals surface area (Å²) in [7, 11) is 0. The van der Waals surface area contributed by atoms with Gasteiger partial charge in [-0.2, -0.15) is 0 Å². The van der Waals surface area contributed by atoms with E-state index in [0.717, 1.165) is 10.2 Å². The van der Waals surface area contributed by atoms with Gasteiger partial charge in [-0.15, -0.1) is 0 Å². The molecular weight excluding hydrogens is 235 g/mol. The number of ketones is 1. The van der Waals surface area contributed by atoms with Crippen LogP contribution in [0.3, 0.4) is 0 Å². The van der Waals surface area contributed by atoms with Gasteiger partial charge in [-0.1, -0.05) is 0 Å². The van der Waals surface area contributed by atoms with Crippen LogP contribution in [0, 0.1) is 0 Å². The summed E-state index contributed by atoms with van der Waals surface area (Å²) >= 11 is 2.10. The van der Waals surface area contributed by atoms with Gasteiger partial charge in [0.15, 0.2) is 0 Å². The summed E-state index contributed by atoms with van der Waals surface area (Å²) in [6.45, 7) is 0. The van der Waals surface area contributed by atoms with E-state index in [0.29, 0.717) is 15.0 Å². The van der Waals surface area contributed by atoms with Gasteiger partial charge < -0.3 is 0 Å². The number of thiophene rings is 1. The quantitative estimate of drug-likeness (QED) is 0.588. The Balaban J connectivity index is 2.45. The second kappa shape index (κ2) is 5.31. The van der Waals surface area contributed by atoms with Crippen LogP contribution >= 0.6 is 11.3 Å². The Hall–Kier alpha value is -0.371. The fourth-order valence-corrected chi connectivity index (χ4v) is 2.17. The van der Waals surface area contributed by atoms with Crippen LogP contribution in [0.1, 0.15) is 4.88 Å². The van der Waals surface area contributed by atoms with Crippen LogP contribution in [0.4, 0.5) is 0 Å². The summed E-state index contributed by atoms with van der Waals surface area (Å²) in [6, 6.07) is 3.99. The SMILES string of the molecule is C[Se]CC(=O)/C=C/c1cccs1. The predicted octanol–water partition coefficient (Wildman–Crippen LogP) is 2.50. The fourth-order valence-electron chi connectivity index (χ4n) is 0.752. The molecule has 64 valence electrons. The third-order valence-corrected chi connectivity index (χ3v) is 3.30. The van der Waals surface area contributed by atoms with Gasteiger partial charge in [0.2, 0.25) is 0 Å². The van der Waals surface area contributed by atoms with Crippen molar-refractivity contribution in [3.05, 3.63) is 28.5 Å². The van der Waals surface area contributed by atoms with Gasteiger partial charge in [0.25, 0.3) is 0 Å². The molecule has 12 heavy (non-hydrogen) atoms. The van der Waals surface area contributed by atoms with E-state index in [1.54, 1.807) is 17.4 Å². The van der Waals surface area contributed by atoms with Crippen LogP contribution in [0.2, 0.25) is 11.1 Å². The van der Waals surface area contributed by atoms with Crippen LogP contribution in [0.25, 0.3) is 6.08 Å². The Morgan fingerprint density at radius 3 is 3.17 bits per heavy atom. The van der Waals surface area contributed by atoms with Gasteiger partial charge in [0.05, 0.1) is 0 Å². The minimum atomic E-state index is 0.242. The van der Waals surface area contributed by atoms with Crippen molar-refractivity contribution >= 4 is 38.2 Å². The zero-order chi connectivity index (χ0) is 8.81. The third-order valence-electron chi connectivity index (χ3n) is 1.26. The van der Waals surface area contributed by atoms with Gasteiger partial charge in [0, 0.05) is 0 Å². The first-order valence-corrected chi connectivity index (χ1v) is 7.36. The van der Waals surface area contributed by atoms with E-state index in [4.69, 9.17) is 0 Å². The Morgan fingerprint density at radius 1 is 1.75 bits per heavy atom. The molecule has 1 rings (SSSR count). The van der Waals surface area contributed by atoms with Crippen molar-refractivity contribution in [1.82, 2.24) is 0 Å². The standard InChI is InChI=1S/C9H10OSSe/c1-12-7-8(10)4-5-9-3-2-6-11-9/h2-6H,7H2,1H3/b5-4+. The molecule has 0 aliphatic heterocycles. The molecular formula is C9H10OSSe. The van der Waals surface area contributed by atoms with Crippen molar-refractivity contribution in [3.63, 3.8) is 0 Å². The fraction of sp³-hybridized carbons (Fsp3) is 0.222. The average molecular weight is 245 g/mol. The summed E-state index contributed by atoms with van der Waals surface area (Å²) in [5, 5.41) is 2.72. The van der Waals surface area contributed by atoms with Crippen molar-refractivity contribution in [3.8, 4) is 0 Å². The summed E-state index contributed by atoms with van der Waals surface area (Å²) in [5.41, 5.74) is 0.